The van der Waals surface area contributed by atoms with Crippen molar-refractivity contribution in [2.75, 3.05) is 0 Å². The Labute approximate surface area is 81.6 Å². The van der Waals surface area contributed by atoms with Crippen LogP contribution in [-0.2, 0) is 5.41 Å². The summed E-state index contributed by atoms with van der Waals surface area (Å²) in [6, 6.07) is 1.28. The maximum absolute atomic E-state index is 13.0. The maximum Gasteiger partial charge on any atom is 0.338 e. The van der Waals surface area contributed by atoms with Crippen LogP contribution in [0.3, 0.4) is 0 Å². The molecule has 0 bridgehead atoms. The number of nitrogens with zero attached hydrogens (tertiary/aromatic N) is 1. The van der Waals surface area contributed by atoms with Crippen LogP contribution in [-0.4, -0.2) is 16.1 Å². The molecular formula is C10H12FNO2. The summed E-state index contributed by atoms with van der Waals surface area (Å²) in [4.78, 5) is 14.5. The van der Waals surface area contributed by atoms with Gasteiger partial charge in [-0.2, -0.15) is 0 Å². The van der Waals surface area contributed by atoms with Gasteiger partial charge in [0, 0.05) is 11.1 Å². The van der Waals surface area contributed by atoms with Crippen LogP contribution >= 0.6 is 0 Å². The van der Waals surface area contributed by atoms with E-state index in [0.29, 0.717) is 5.69 Å². The minimum absolute atomic E-state index is 0.280. The van der Waals surface area contributed by atoms with Crippen molar-refractivity contribution in [1.82, 2.24) is 4.98 Å². The molecule has 0 aromatic carbocycles. The van der Waals surface area contributed by atoms with Crippen molar-refractivity contribution in [3.05, 3.63) is 29.3 Å². The summed E-state index contributed by atoms with van der Waals surface area (Å²) in [7, 11) is 0. The van der Waals surface area contributed by atoms with Crippen molar-refractivity contribution in [3.8, 4) is 0 Å². The lowest BCUT2D eigenvalue weighted by molar-refractivity contribution is 0.0691. The van der Waals surface area contributed by atoms with Crippen LogP contribution in [0, 0.1) is 5.82 Å². The fourth-order valence-corrected chi connectivity index (χ4v) is 1.01. The first kappa shape index (κ1) is 10.6. The number of carboxylic acid groups (broad SMARTS) is 1. The Morgan fingerprint density at radius 2 is 2.07 bits per heavy atom. The van der Waals surface area contributed by atoms with Gasteiger partial charge in [-0.15, -0.1) is 0 Å². The van der Waals surface area contributed by atoms with E-state index < -0.39 is 11.8 Å². The first-order chi connectivity index (χ1) is 6.32. The first-order valence-corrected chi connectivity index (χ1v) is 4.21. The molecule has 1 N–H and O–H groups in total. The van der Waals surface area contributed by atoms with Crippen molar-refractivity contribution in [2.24, 2.45) is 0 Å². The topological polar surface area (TPSA) is 50.2 Å². The number of carbonyl (C=O) groups is 1. The van der Waals surface area contributed by atoms with E-state index in [4.69, 9.17) is 5.11 Å². The lowest BCUT2D eigenvalue weighted by atomic mass is 9.91. The molecule has 0 aliphatic heterocycles. The van der Waals surface area contributed by atoms with E-state index >= 15 is 0 Å². The molecule has 0 atom stereocenters. The highest BCUT2D eigenvalue weighted by atomic mass is 19.1. The second kappa shape index (κ2) is 3.36. The monoisotopic (exact) mass is 197 g/mol. The molecule has 1 aromatic heterocycles. The molecule has 0 spiro atoms. The number of carboxylic acids is 1. The molecule has 0 unspecified atom stereocenters. The van der Waals surface area contributed by atoms with Gasteiger partial charge in [-0.3, -0.25) is 4.98 Å². The van der Waals surface area contributed by atoms with Crippen molar-refractivity contribution >= 4 is 5.97 Å². The van der Waals surface area contributed by atoms with Crippen LogP contribution in [0.5, 0.6) is 0 Å². The van der Waals surface area contributed by atoms with Gasteiger partial charge < -0.3 is 5.11 Å². The molecular weight excluding hydrogens is 185 g/mol. The highest BCUT2D eigenvalue weighted by Gasteiger charge is 2.19. The molecule has 0 aliphatic rings. The van der Waals surface area contributed by atoms with Crippen molar-refractivity contribution in [1.29, 1.82) is 0 Å². The molecule has 0 saturated carbocycles. The molecule has 14 heavy (non-hydrogen) atoms. The lowest BCUT2D eigenvalue weighted by Gasteiger charge is -2.17. The second-order valence-corrected chi connectivity index (χ2v) is 4.10. The van der Waals surface area contributed by atoms with Crippen molar-refractivity contribution in [2.45, 2.75) is 26.2 Å². The number of halogens is 1. The van der Waals surface area contributed by atoms with E-state index in [9.17, 15) is 9.18 Å². The van der Waals surface area contributed by atoms with E-state index in [1.807, 2.05) is 20.8 Å². The summed E-state index contributed by atoms with van der Waals surface area (Å²) in [6.45, 7) is 5.66. The predicted octanol–water partition coefficient (Wildman–Crippen LogP) is 2.22. The molecule has 1 aromatic rings. The van der Waals surface area contributed by atoms with Crippen molar-refractivity contribution in [3.63, 3.8) is 0 Å². The quantitative estimate of drug-likeness (QED) is 0.750. The van der Waals surface area contributed by atoms with Gasteiger partial charge in [0.15, 0.2) is 5.82 Å². The molecule has 0 radical (unpaired) electrons. The Morgan fingerprint density at radius 3 is 2.50 bits per heavy atom. The van der Waals surface area contributed by atoms with Gasteiger partial charge in [0.05, 0.1) is 11.8 Å². The number of hydrogen-bond acceptors (Lipinski definition) is 2. The SMILES string of the molecule is CC(C)(C)c1cc(C(=O)O)c(F)cn1. The average Bonchev–Trinajstić information content (AvgIpc) is 2.02. The van der Waals surface area contributed by atoms with Gasteiger partial charge in [0.2, 0.25) is 0 Å². The van der Waals surface area contributed by atoms with Crippen LogP contribution in [0.4, 0.5) is 4.39 Å². The Kier molecular flexibility index (Phi) is 2.55. The zero-order valence-electron chi connectivity index (χ0n) is 8.34. The zero-order valence-corrected chi connectivity index (χ0v) is 8.34. The summed E-state index contributed by atoms with van der Waals surface area (Å²) >= 11 is 0. The van der Waals surface area contributed by atoms with Crippen LogP contribution < -0.4 is 0 Å². The third-order valence-corrected chi connectivity index (χ3v) is 1.85. The Hall–Kier alpha value is -1.45. The molecule has 3 nitrogen and oxygen atoms in total. The number of rotatable bonds is 1. The minimum Gasteiger partial charge on any atom is -0.478 e. The number of pyridine rings is 1. The predicted molar refractivity (Wildman–Crippen MR) is 49.9 cm³/mol. The lowest BCUT2D eigenvalue weighted by Crippen LogP contribution is -2.15. The molecule has 0 amide bonds. The van der Waals surface area contributed by atoms with E-state index in [1.54, 1.807) is 0 Å². The van der Waals surface area contributed by atoms with Gasteiger partial charge in [-0.25, -0.2) is 9.18 Å². The van der Waals surface area contributed by atoms with Crippen molar-refractivity contribution < 1.29 is 14.3 Å². The highest BCUT2D eigenvalue weighted by molar-refractivity contribution is 5.87. The van der Waals surface area contributed by atoms with Gasteiger partial charge in [0.1, 0.15) is 0 Å². The largest absolute Gasteiger partial charge is 0.478 e. The average molecular weight is 197 g/mol. The molecule has 0 saturated heterocycles. The van der Waals surface area contributed by atoms with E-state index in [2.05, 4.69) is 4.98 Å². The van der Waals surface area contributed by atoms with E-state index in [1.165, 1.54) is 6.07 Å². The third kappa shape index (κ3) is 2.07. The fourth-order valence-electron chi connectivity index (χ4n) is 1.01. The summed E-state index contributed by atoms with van der Waals surface area (Å²) in [6.07, 6.45) is 0.948. The molecule has 0 fully saturated rings. The van der Waals surface area contributed by atoms with Crippen LogP contribution in [0.1, 0.15) is 36.8 Å². The molecule has 4 heteroatoms. The van der Waals surface area contributed by atoms with E-state index in [-0.39, 0.29) is 11.0 Å². The molecule has 76 valence electrons. The third-order valence-electron chi connectivity index (χ3n) is 1.85. The summed E-state index contributed by atoms with van der Waals surface area (Å²) in [5.41, 5.74) is -0.0426. The minimum atomic E-state index is -1.27. The normalized spacial score (nSPS) is 11.4. The Balaban J connectivity index is 3.27. The molecule has 1 rings (SSSR count). The zero-order chi connectivity index (χ0) is 10.9. The van der Waals surface area contributed by atoms with Gasteiger partial charge in [-0.1, -0.05) is 20.8 Å². The van der Waals surface area contributed by atoms with Crippen LogP contribution in [0.25, 0.3) is 0 Å². The van der Waals surface area contributed by atoms with Gasteiger partial charge >= 0.3 is 5.97 Å². The summed E-state index contributed by atoms with van der Waals surface area (Å²) in [5.74, 6) is -2.07. The van der Waals surface area contributed by atoms with Gasteiger partial charge in [0.25, 0.3) is 0 Å². The molecule has 0 aliphatic carbocycles. The first-order valence-electron chi connectivity index (χ1n) is 4.21. The summed E-state index contributed by atoms with van der Waals surface area (Å²) in [5, 5.41) is 8.69. The number of aromatic carboxylic acids is 1. The smallest absolute Gasteiger partial charge is 0.338 e. The Morgan fingerprint density at radius 1 is 1.50 bits per heavy atom. The van der Waals surface area contributed by atoms with Crippen LogP contribution in [0.15, 0.2) is 12.3 Å². The standard InChI is InChI=1S/C10H12FNO2/c1-10(2,3)8-4-6(9(13)14)7(11)5-12-8/h4-5H,1-3H3,(H,13,14). The van der Waals surface area contributed by atoms with Crippen LogP contribution in [0.2, 0.25) is 0 Å². The fraction of sp³-hybridized carbons (Fsp3) is 0.400. The van der Waals surface area contributed by atoms with Gasteiger partial charge in [-0.05, 0) is 6.07 Å². The Bertz CT molecular complexity index is 369. The van der Waals surface area contributed by atoms with E-state index in [0.717, 1.165) is 6.20 Å². The molecule has 1 heterocycles. The second-order valence-electron chi connectivity index (χ2n) is 4.10. The number of aromatic nitrogens is 1. The number of hydrogen-bond donors (Lipinski definition) is 1. The summed E-state index contributed by atoms with van der Waals surface area (Å²) < 4.78 is 13.0. The maximum atomic E-state index is 13.0. The highest BCUT2D eigenvalue weighted by Crippen LogP contribution is 2.21.